The summed E-state index contributed by atoms with van der Waals surface area (Å²) in [5.41, 5.74) is 2.76. The standard InChI is InChI=1S/C19H17Cl2N3O2/c1-2-26-17-8-5-13(9-16(17)21)18-15(11-23-24-18)19(25)22-10-12-3-6-14(20)7-4-12/h3-9,11H,2,10H2,1H3,(H,22,25)(H,23,24). The maximum atomic E-state index is 12.5. The third-order valence-electron chi connectivity index (χ3n) is 3.77. The van der Waals surface area contributed by atoms with Gasteiger partial charge in [0.15, 0.2) is 0 Å². The van der Waals surface area contributed by atoms with Gasteiger partial charge in [0.25, 0.3) is 5.91 Å². The Bertz CT molecular complexity index is 907. The van der Waals surface area contributed by atoms with Gasteiger partial charge in [-0.2, -0.15) is 5.10 Å². The van der Waals surface area contributed by atoms with Crippen LogP contribution in [0.25, 0.3) is 11.3 Å². The van der Waals surface area contributed by atoms with Gasteiger partial charge in [-0.1, -0.05) is 35.3 Å². The van der Waals surface area contributed by atoms with Crippen molar-refractivity contribution >= 4 is 29.1 Å². The highest BCUT2D eigenvalue weighted by Gasteiger charge is 2.16. The molecular formula is C19H17Cl2N3O2. The molecule has 134 valence electrons. The molecule has 26 heavy (non-hydrogen) atoms. The Balaban J connectivity index is 1.76. The summed E-state index contributed by atoms with van der Waals surface area (Å²) in [5.74, 6) is 0.375. The molecule has 2 N–H and O–H groups in total. The zero-order valence-corrected chi connectivity index (χ0v) is 15.6. The van der Waals surface area contributed by atoms with E-state index in [2.05, 4.69) is 15.5 Å². The lowest BCUT2D eigenvalue weighted by Gasteiger charge is -2.09. The molecule has 0 saturated heterocycles. The van der Waals surface area contributed by atoms with Crippen LogP contribution in [0.4, 0.5) is 0 Å². The van der Waals surface area contributed by atoms with Crippen molar-refractivity contribution in [2.24, 2.45) is 0 Å². The van der Waals surface area contributed by atoms with Crippen LogP contribution in [-0.4, -0.2) is 22.7 Å². The molecule has 0 saturated carbocycles. The normalized spacial score (nSPS) is 10.6. The first kappa shape index (κ1) is 18.3. The molecule has 3 rings (SSSR count). The molecular weight excluding hydrogens is 373 g/mol. The van der Waals surface area contributed by atoms with E-state index in [9.17, 15) is 4.79 Å². The molecule has 0 bridgehead atoms. The number of carbonyl (C=O) groups is 1. The zero-order chi connectivity index (χ0) is 18.5. The van der Waals surface area contributed by atoms with Gasteiger partial charge in [0.2, 0.25) is 0 Å². The summed E-state index contributed by atoms with van der Waals surface area (Å²) >= 11 is 12.1. The lowest BCUT2D eigenvalue weighted by Crippen LogP contribution is -2.22. The van der Waals surface area contributed by atoms with Crippen molar-refractivity contribution in [1.29, 1.82) is 0 Å². The van der Waals surface area contributed by atoms with Crippen molar-refractivity contribution in [2.75, 3.05) is 6.61 Å². The van der Waals surface area contributed by atoms with E-state index >= 15 is 0 Å². The first-order chi connectivity index (χ1) is 12.6. The van der Waals surface area contributed by atoms with Gasteiger partial charge in [-0.15, -0.1) is 0 Å². The smallest absolute Gasteiger partial charge is 0.255 e. The van der Waals surface area contributed by atoms with Crippen LogP contribution < -0.4 is 10.1 Å². The van der Waals surface area contributed by atoms with Crippen LogP contribution in [0.15, 0.2) is 48.7 Å². The molecule has 0 atom stereocenters. The summed E-state index contributed by atoms with van der Waals surface area (Å²) in [4.78, 5) is 12.5. The van der Waals surface area contributed by atoms with Crippen molar-refractivity contribution in [3.05, 3.63) is 69.8 Å². The van der Waals surface area contributed by atoms with Crippen LogP contribution in [0.2, 0.25) is 10.0 Å². The molecule has 1 aromatic heterocycles. The lowest BCUT2D eigenvalue weighted by molar-refractivity contribution is 0.0951. The second-order valence-corrected chi connectivity index (χ2v) is 6.39. The second-order valence-electron chi connectivity index (χ2n) is 5.55. The molecule has 0 radical (unpaired) electrons. The molecule has 3 aromatic rings. The molecule has 0 spiro atoms. The highest BCUT2D eigenvalue weighted by molar-refractivity contribution is 6.32. The summed E-state index contributed by atoms with van der Waals surface area (Å²) in [6.45, 7) is 2.81. The second kappa shape index (κ2) is 8.25. The van der Waals surface area contributed by atoms with E-state index in [1.807, 2.05) is 25.1 Å². The minimum atomic E-state index is -0.228. The predicted molar refractivity (Wildman–Crippen MR) is 103 cm³/mol. The fourth-order valence-corrected chi connectivity index (χ4v) is 2.85. The molecule has 0 aliphatic heterocycles. The first-order valence-electron chi connectivity index (χ1n) is 8.07. The number of nitrogens with one attached hydrogen (secondary N) is 2. The number of halogens is 2. The Kier molecular flexibility index (Phi) is 5.81. The van der Waals surface area contributed by atoms with Crippen molar-refractivity contribution in [2.45, 2.75) is 13.5 Å². The van der Waals surface area contributed by atoms with E-state index in [-0.39, 0.29) is 5.91 Å². The molecule has 2 aromatic carbocycles. The van der Waals surface area contributed by atoms with Crippen molar-refractivity contribution in [3.63, 3.8) is 0 Å². The molecule has 0 unspecified atom stereocenters. The number of carbonyl (C=O) groups excluding carboxylic acids is 1. The number of ether oxygens (including phenoxy) is 1. The Labute approximate surface area is 161 Å². The number of aromatic nitrogens is 2. The summed E-state index contributed by atoms with van der Waals surface area (Å²) in [6.07, 6.45) is 1.50. The van der Waals surface area contributed by atoms with E-state index in [4.69, 9.17) is 27.9 Å². The fourth-order valence-electron chi connectivity index (χ4n) is 2.49. The summed E-state index contributed by atoms with van der Waals surface area (Å²) in [5, 5.41) is 10.9. The van der Waals surface area contributed by atoms with Gasteiger partial charge in [0, 0.05) is 17.1 Å². The number of benzene rings is 2. The minimum Gasteiger partial charge on any atom is -0.492 e. The van der Waals surface area contributed by atoms with Gasteiger partial charge in [-0.05, 0) is 42.8 Å². The predicted octanol–water partition coefficient (Wildman–Crippen LogP) is 4.71. The Hall–Kier alpha value is -2.50. The van der Waals surface area contributed by atoms with Crippen molar-refractivity contribution in [3.8, 4) is 17.0 Å². The highest BCUT2D eigenvalue weighted by atomic mass is 35.5. The molecule has 1 amide bonds. The topological polar surface area (TPSA) is 67.0 Å². The van der Waals surface area contributed by atoms with Crippen molar-refractivity contribution < 1.29 is 9.53 Å². The average molecular weight is 390 g/mol. The molecule has 5 nitrogen and oxygen atoms in total. The average Bonchev–Trinajstić information content (AvgIpc) is 3.13. The van der Waals surface area contributed by atoms with E-state index in [0.717, 1.165) is 11.1 Å². The van der Waals surface area contributed by atoms with Crippen molar-refractivity contribution in [1.82, 2.24) is 15.5 Å². The van der Waals surface area contributed by atoms with Gasteiger partial charge < -0.3 is 10.1 Å². The maximum absolute atomic E-state index is 12.5. The third-order valence-corrected chi connectivity index (χ3v) is 4.32. The molecule has 0 aliphatic rings. The number of amides is 1. The SMILES string of the molecule is CCOc1ccc(-c2[nH]ncc2C(=O)NCc2ccc(Cl)cc2)cc1Cl. The molecule has 0 aliphatic carbocycles. The molecule has 1 heterocycles. The largest absolute Gasteiger partial charge is 0.492 e. The highest BCUT2D eigenvalue weighted by Crippen LogP contribution is 2.31. The van der Waals surface area contributed by atoms with Crippen LogP contribution in [0.3, 0.4) is 0 Å². The number of rotatable bonds is 6. The van der Waals surface area contributed by atoms with Gasteiger partial charge in [-0.3, -0.25) is 9.89 Å². The number of H-pyrrole nitrogens is 1. The third kappa shape index (κ3) is 4.18. The van der Waals surface area contributed by atoms with E-state index < -0.39 is 0 Å². The maximum Gasteiger partial charge on any atom is 0.255 e. The fraction of sp³-hybridized carbons (Fsp3) is 0.158. The van der Waals surface area contributed by atoms with Crippen LogP contribution in [-0.2, 0) is 6.54 Å². The summed E-state index contributed by atoms with van der Waals surface area (Å²) < 4.78 is 5.44. The first-order valence-corrected chi connectivity index (χ1v) is 8.82. The minimum absolute atomic E-state index is 0.228. The summed E-state index contributed by atoms with van der Waals surface area (Å²) in [6, 6.07) is 12.7. The lowest BCUT2D eigenvalue weighted by atomic mass is 10.1. The number of hydrogen-bond acceptors (Lipinski definition) is 3. The van der Waals surface area contributed by atoms with Gasteiger partial charge in [-0.25, -0.2) is 0 Å². The van der Waals surface area contributed by atoms with Crippen LogP contribution in [0.5, 0.6) is 5.75 Å². The van der Waals surface area contributed by atoms with E-state index in [1.54, 1.807) is 24.3 Å². The van der Waals surface area contributed by atoms with Crippen LogP contribution in [0, 0.1) is 0 Å². The van der Waals surface area contributed by atoms with Gasteiger partial charge >= 0.3 is 0 Å². The number of aromatic amines is 1. The van der Waals surface area contributed by atoms with E-state index in [1.165, 1.54) is 6.20 Å². The molecule has 7 heteroatoms. The quantitative estimate of drug-likeness (QED) is 0.641. The van der Waals surface area contributed by atoms with Crippen LogP contribution in [0.1, 0.15) is 22.8 Å². The Morgan fingerprint density at radius 2 is 1.96 bits per heavy atom. The Morgan fingerprint density at radius 3 is 2.65 bits per heavy atom. The number of nitrogens with zero attached hydrogens (tertiary/aromatic N) is 1. The Morgan fingerprint density at radius 1 is 1.19 bits per heavy atom. The zero-order valence-electron chi connectivity index (χ0n) is 14.1. The monoisotopic (exact) mass is 389 g/mol. The van der Waals surface area contributed by atoms with Gasteiger partial charge in [0.1, 0.15) is 5.75 Å². The van der Waals surface area contributed by atoms with Crippen LogP contribution >= 0.6 is 23.2 Å². The summed E-state index contributed by atoms with van der Waals surface area (Å²) in [7, 11) is 0. The number of hydrogen-bond donors (Lipinski definition) is 2. The molecule has 0 fully saturated rings. The van der Waals surface area contributed by atoms with Gasteiger partial charge in [0.05, 0.1) is 29.1 Å². The van der Waals surface area contributed by atoms with E-state index in [0.29, 0.717) is 40.2 Å².